The number of carbonyl (C=O) groups is 1. The molecule has 3 aromatic carbocycles. The lowest BCUT2D eigenvalue weighted by molar-refractivity contribution is -0.118. The third kappa shape index (κ3) is 5.91. The van der Waals surface area contributed by atoms with E-state index < -0.39 is 0 Å². The zero-order chi connectivity index (χ0) is 19.1. The topological polar surface area (TPSA) is 47.6 Å². The Kier molecular flexibility index (Phi) is 6.58. The van der Waals surface area contributed by atoms with Gasteiger partial charge in [-0.2, -0.15) is 0 Å². The van der Waals surface area contributed by atoms with Crippen molar-refractivity contribution in [2.75, 3.05) is 11.9 Å². The summed E-state index contributed by atoms with van der Waals surface area (Å²) >= 11 is 11.8. The van der Waals surface area contributed by atoms with Crippen LogP contribution in [0.15, 0.2) is 72.8 Å². The summed E-state index contributed by atoms with van der Waals surface area (Å²) in [7, 11) is 0. The van der Waals surface area contributed by atoms with E-state index in [0.29, 0.717) is 28.1 Å². The molecule has 4 nitrogen and oxygen atoms in total. The number of halogens is 2. The summed E-state index contributed by atoms with van der Waals surface area (Å²) in [5.74, 6) is 0.923. The Labute approximate surface area is 167 Å². The molecule has 0 saturated heterocycles. The summed E-state index contributed by atoms with van der Waals surface area (Å²) in [5, 5.41) is 3.57. The van der Waals surface area contributed by atoms with Gasteiger partial charge in [-0.3, -0.25) is 4.79 Å². The van der Waals surface area contributed by atoms with E-state index in [2.05, 4.69) is 5.32 Å². The average Bonchev–Trinajstić information content (AvgIpc) is 2.69. The van der Waals surface area contributed by atoms with Gasteiger partial charge in [0.2, 0.25) is 0 Å². The molecule has 0 radical (unpaired) electrons. The van der Waals surface area contributed by atoms with Gasteiger partial charge < -0.3 is 14.8 Å². The number of hydrogen-bond acceptors (Lipinski definition) is 3. The fourth-order valence-corrected chi connectivity index (χ4v) is 2.58. The Hall–Kier alpha value is -2.69. The zero-order valence-corrected chi connectivity index (χ0v) is 15.8. The Bertz CT molecular complexity index is 899. The Morgan fingerprint density at radius 3 is 2.22 bits per heavy atom. The average molecular weight is 402 g/mol. The van der Waals surface area contributed by atoms with Gasteiger partial charge in [-0.05, 0) is 42.0 Å². The molecule has 0 heterocycles. The fraction of sp³-hybridized carbons (Fsp3) is 0.0952. The minimum atomic E-state index is -0.279. The highest BCUT2D eigenvalue weighted by atomic mass is 35.5. The van der Waals surface area contributed by atoms with Gasteiger partial charge in [-0.15, -0.1) is 0 Å². The molecule has 3 aromatic rings. The van der Waals surface area contributed by atoms with Gasteiger partial charge in [0.15, 0.2) is 6.61 Å². The quantitative estimate of drug-likeness (QED) is 0.561. The van der Waals surface area contributed by atoms with E-state index >= 15 is 0 Å². The molecule has 0 atom stereocenters. The molecule has 0 bridgehead atoms. The maximum Gasteiger partial charge on any atom is 0.262 e. The predicted octanol–water partition coefficient (Wildman–Crippen LogP) is 5.59. The van der Waals surface area contributed by atoms with Crippen LogP contribution >= 0.6 is 23.2 Å². The van der Waals surface area contributed by atoms with E-state index in [4.69, 9.17) is 32.7 Å². The molecule has 0 saturated carbocycles. The Balaban J connectivity index is 1.47. The molecule has 0 aliphatic carbocycles. The third-order valence-corrected chi connectivity index (χ3v) is 4.39. The van der Waals surface area contributed by atoms with Crippen molar-refractivity contribution >= 4 is 34.8 Å². The van der Waals surface area contributed by atoms with Crippen molar-refractivity contribution in [1.29, 1.82) is 0 Å². The summed E-state index contributed by atoms with van der Waals surface area (Å²) in [5.41, 5.74) is 1.75. The predicted molar refractivity (Wildman–Crippen MR) is 108 cm³/mol. The summed E-state index contributed by atoms with van der Waals surface area (Å²) < 4.78 is 11.1. The second kappa shape index (κ2) is 9.31. The van der Waals surface area contributed by atoms with Gasteiger partial charge in [0, 0.05) is 11.8 Å². The van der Waals surface area contributed by atoms with Crippen LogP contribution in [0.4, 0.5) is 5.69 Å². The van der Waals surface area contributed by atoms with E-state index in [9.17, 15) is 4.79 Å². The van der Waals surface area contributed by atoms with Crippen molar-refractivity contribution in [3.63, 3.8) is 0 Å². The Morgan fingerprint density at radius 1 is 0.815 bits per heavy atom. The molecule has 27 heavy (non-hydrogen) atoms. The number of nitrogens with one attached hydrogen (secondary N) is 1. The number of carbonyl (C=O) groups excluding carboxylic acids is 1. The normalized spacial score (nSPS) is 10.3. The number of ether oxygens (including phenoxy) is 2. The maximum absolute atomic E-state index is 12.0. The lowest BCUT2D eigenvalue weighted by atomic mass is 10.2. The van der Waals surface area contributed by atoms with E-state index in [1.807, 2.05) is 30.3 Å². The molecular weight excluding hydrogens is 385 g/mol. The van der Waals surface area contributed by atoms with E-state index in [1.54, 1.807) is 42.5 Å². The van der Waals surface area contributed by atoms with Gasteiger partial charge in [-0.25, -0.2) is 0 Å². The zero-order valence-electron chi connectivity index (χ0n) is 14.3. The smallest absolute Gasteiger partial charge is 0.262 e. The molecule has 138 valence electrons. The highest BCUT2D eigenvalue weighted by Gasteiger charge is 2.06. The molecule has 1 amide bonds. The van der Waals surface area contributed by atoms with Crippen LogP contribution in [-0.4, -0.2) is 12.5 Å². The first kappa shape index (κ1) is 19.1. The van der Waals surface area contributed by atoms with Crippen LogP contribution in [0.3, 0.4) is 0 Å². The number of anilines is 1. The molecule has 0 aromatic heterocycles. The molecule has 1 N–H and O–H groups in total. The first-order valence-electron chi connectivity index (χ1n) is 8.24. The lowest BCUT2D eigenvalue weighted by Crippen LogP contribution is -2.20. The first-order chi connectivity index (χ1) is 13.1. The molecule has 0 aliphatic heterocycles. The molecule has 3 rings (SSSR count). The van der Waals surface area contributed by atoms with E-state index in [0.717, 1.165) is 11.3 Å². The number of benzene rings is 3. The van der Waals surface area contributed by atoms with Gasteiger partial charge in [-0.1, -0.05) is 53.5 Å². The highest BCUT2D eigenvalue weighted by Crippen LogP contribution is 2.26. The van der Waals surface area contributed by atoms with Crippen molar-refractivity contribution in [2.24, 2.45) is 0 Å². The van der Waals surface area contributed by atoms with E-state index in [-0.39, 0.29) is 12.5 Å². The third-order valence-electron chi connectivity index (χ3n) is 3.65. The van der Waals surface area contributed by atoms with Crippen molar-refractivity contribution in [3.05, 3.63) is 88.4 Å². The van der Waals surface area contributed by atoms with Crippen molar-refractivity contribution < 1.29 is 14.3 Å². The monoisotopic (exact) mass is 401 g/mol. The largest absolute Gasteiger partial charge is 0.489 e. The van der Waals surface area contributed by atoms with Crippen molar-refractivity contribution in [1.82, 2.24) is 0 Å². The number of hydrogen-bond donors (Lipinski definition) is 1. The van der Waals surface area contributed by atoms with Gasteiger partial charge in [0.05, 0.1) is 10.0 Å². The molecule has 6 heteroatoms. The summed E-state index contributed by atoms with van der Waals surface area (Å²) in [4.78, 5) is 12.0. The summed E-state index contributed by atoms with van der Waals surface area (Å²) in [6, 6.07) is 21.9. The lowest BCUT2D eigenvalue weighted by Gasteiger charge is -2.10. The second-order valence-electron chi connectivity index (χ2n) is 5.71. The van der Waals surface area contributed by atoms with Gasteiger partial charge >= 0.3 is 0 Å². The van der Waals surface area contributed by atoms with Crippen LogP contribution in [0.2, 0.25) is 10.0 Å². The van der Waals surface area contributed by atoms with Crippen LogP contribution in [0.5, 0.6) is 11.5 Å². The Morgan fingerprint density at radius 2 is 1.52 bits per heavy atom. The van der Waals surface area contributed by atoms with Gasteiger partial charge in [0.25, 0.3) is 5.91 Å². The van der Waals surface area contributed by atoms with Crippen molar-refractivity contribution in [2.45, 2.75) is 6.61 Å². The second-order valence-corrected chi connectivity index (χ2v) is 6.53. The molecular formula is C21H17Cl2NO3. The van der Waals surface area contributed by atoms with Crippen LogP contribution in [0, 0.1) is 0 Å². The molecule has 0 fully saturated rings. The number of amides is 1. The van der Waals surface area contributed by atoms with Crippen LogP contribution < -0.4 is 14.8 Å². The molecule has 0 spiro atoms. The van der Waals surface area contributed by atoms with Crippen LogP contribution in [-0.2, 0) is 11.4 Å². The molecule has 0 aliphatic rings. The minimum absolute atomic E-state index is 0.135. The minimum Gasteiger partial charge on any atom is -0.489 e. The molecule has 0 unspecified atom stereocenters. The highest BCUT2D eigenvalue weighted by molar-refractivity contribution is 6.42. The SMILES string of the molecule is O=C(COc1ccc(Cl)c(Cl)c1)Nc1ccc(OCc2ccccc2)cc1. The van der Waals surface area contributed by atoms with E-state index in [1.165, 1.54) is 0 Å². The maximum atomic E-state index is 12.0. The van der Waals surface area contributed by atoms with Gasteiger partial charge in [0.1, 0.15) is 18.1 Å². The summed E-state index contributed by atoms with van der Waals surface area (Å²) in [6.07, 6.45) is 0. The standard InChI is InChI=1S/C21H17Cl2NO3/c22-19-11-10-18(12-20(19)23)27-14-21(25)24-16-6-8-17(9-7-16)26-13-15-4-2-1-3-5-15/h1-12H,13-14H2,(H,24,25). The first-order valence-corrected chi connectivity index (χ1v) is 9.00. The van der Waals surface area contributed by atoms with Crippen LogP contribution in [0.25, 0.3) is 0 Å². The summed E-state index contributed by atoms with van der Waals surface area (Å²) in [6.45, 7) is 0.355. The fourth-order valence-electron chi connectivity index (χ4n) is 2.29. The number of rotatable bonds is 7. The van der Waals surface area contributed by atoms with Crippen LogP contribution in [0.1, 0.15) is 5.56 Å². The van der Waals surface area contributed by atoms with Crippen molar-refractivity contribution in [3.8, 4) is 11.5 Å².